The molecule has 0 saturated carbocycles. The van der Waals surface area contributed by atoms with Crippen molar-refractivity contribution in [1.29, 1.82) is 0 Å². The van der Waals surface area contributed by atoms with Crippen LogP contribution >= 0.6 is 11.6 Å². The van der Waals surface area contributed by atoms with E-state index in [-0.39, 0.29) is 34.9 Å². The molecule has 7 heteroatoms. The van der Waals surface area contributed by atoms with Gasteiger partial charge in [0.05, 0.1) is 10.5 Å². The van der Waals surface area contributed by atoms with Crippen molar-refractivity contribution in [3.05, 3.63) is 80.3 Å². The molecule has 0 amide bonds. The summed E-state index contributed by atoms with van der Waals surface area (Å²) in [6, 6.07) is 9.94. The first-order valence-corrected chi connectivity index (χ1v) is 10.1. The van der Waals surface area contributed by atoms with Gasteiger partial charge in [-0.15, -0.1) is 0 Å². The van der Waals surface area contributed by atoms with Gasteiger partial charge in [-0.1, -0.05) is 36.7 Å². The average Bonchev–Trinajstić information content (AvgIpc) is 2.71. The standard InChI is InChI=1S/C23H23ClFNO4/c1-14(8-10-27)7-9-26-13-18(23(29)30)22(28)17-12-15(5-6-20(17)26)11-16-3-2-4-19(24)21(16)25/h2-6,12-14,27H,7-11H2,1H3,(H,29,30). The molecule has 0 bridgehead atoms. The van der Waals surface area contributed by atoms with Gasteiger partial charge in [0.1, 0.15) is 11.4 Å². The third-order valence-corrected chi connectivity index (χ3v) is 5.58. The van der Waals surface area contributed by atoms with Crippen LogP contribution in [0.3, 0.4) is 0 Å². The molecule has 1 unspecified atom stereocenters. The second-order valence-corrected chi connectivity index (χ2v) is 7.92. The van der Waals surface area contributed by atoms with Crippen LogP contribution in [0.5, 0.6) is 0 Å². The summed E-state index contributed by atoms with van der Waals surface area (Å²) >= 11 is 5.85. The summed E-state index contributed by atoms with van der Waals surface area (Å²) in [5, 5.41) is 18.9. The number of fused-ring (bicyclic) bond motifs is 1. The van der Waals surface area contributed by atoms with Crippen LogP contribution in [0, 0.1) is 11.7 Å². The maximum Gasteiger partial charge on any atom is 0.341 e. The number of carboxylic acids is 1. The molecule has 1 heterocycles. The highest BCUT2D eigenvalue weighted by molar-refractivity contribution is 6.30. The smallest absolute Gasteiger partial charge is 0.341 e. The van der Waals surface area contributed by atoms with E-state index in [0.717, 1.165) is 6.42 Å². The number of aryl methyl sites for hydroxylation is 1. The lowest BCUT2D eigenvalue weighted by Crippen LogP contribution is -2.19. The van der Waals surface area contributed by atoms with Gasteiger partial charge in [0.25, 0.3) is 0 Å². The van der Waals surface area contributed by atoms with Crippen molar-refractivity contribution in [2.45, 2.75) is 32.7 Å². The molecule has 2 aromatic carbocycles. The zero-order valence-corrected chi connectivity index (χ0v) is 17.3. The van der Waals surface area contributed by atoms with Crippen LogP contribution in [0.1, 0.15) is 41.3 Å². The number of aromatic nitrogens is 1. The number of aromatic carboxylic acids is 1. The largest absolute Gasteiger partial charge is 0.477 e. The van der Waals surface area contributed by atoms with Crippen LogP contribution in [-0.4, -0.2) is 27.4 Å². The molecular weight excluding hydrogens is 409 g/mol. The van der Waals surface area contributed by atoms with Crippen LogP contribution in [-0.2, 0) is 13.0 Å². The number of nitrogens with zero attached hydrogens (tertiary/aromatic N) is 1. The summed E-state index contributed by atoms with van der Waals surface area (Å²) in [5.41, 5.74) is 0.836. The minimum atomic E-state index is -1.29. The van der Waals surface area contributed by atoms with Gasteiger partial charge in [0.15, 0.2) is 0 Å². The maximum absolute atomic E-state index is 14.3. The number of halogens is 2. The molecule has 0 aliphatic carbocycles. The lowest BCUT2D eigenvalue weighted by atomic mass is 10.0. The Hall–Kier alpha value is -2.70. The molecule has 158 valence electrons. The molecule has 0 fully saturated rings. The average molecular weight is 432 g/mol. The lowest BCUT2D eigenvalue weighted by molar-refractivity contribution is 0.0694. The molecule has 3 rings (SSSR count). The minimum absolute atomic E-state index is 0.0285. The molecular formula is C23H23ClFNO4. The van der Waals surface area contributed by atoms with Crippen molar-refractivity contribution in [2.24, 2.45) is 5.92 Å². The van der Waals surface area contributed by atoms with Crippen molar-refractivity contribution in [3.63, 3.8) is 0 Å². The Labute approximate surface area is 178 Å². The van der Waals surface area contributed by atoms with E-state index in [9.17, 15) is 19.1 Å². The number of benzene rings is 2. The summed E-state index contributed by atoms with van der Waals surface area (Å²) in [7, 11) is 0. The molecule has 0 radical (unpaired) electrons. The third-order valence-electron chi connectivity index (χ3n) is 5.29. The van der Waals surface area contributed by atoms with Crippen molar-refractivity contribution in [1.82, 2.24) is 4.57 Å². The van der Waals surface area contributed by atoms with Crippen molar-refractivity contribution >= 4 is 28.5 Å². The van der Waals surface area contributed by atoms with E-state index >= 15 is 0 Å². The molecule has 30 heavy (non-hydrogen) atoms. The number of pyridine rings is 1. The van der Waals surface area contributed by atoms with Gasteiger partial charge in [0, 0.05) is 31.2 Å². The Kier molecular flexibility index (Phi) is 6.90. The molecule has 0 aliphatic heterocycles. The monoisotopic (exact) mass is 431 g/mol. The maximum atomic E-state index is 14.3. The molecule has 0 aliphatic rings. The molecule has 0 spiro atoms. The number of aliphatic hydroxyl groups excluding tert-OH is 1. The lowest BCUT2D eigenvalue weighted by Gasteiger charge is -2.16. The fourth-order valence-corrected chi connectivity index (χ4v) is 3.72. The molecule has 3 aromatic rings. The van der Waals surface area contributed by atoms with E-state index < -0.39 is 17.2 Å². The predicted octanol–water partition coefficient (Wildman–Crippen LogP) is 4.49. The normalized spacial score (nSPS) is 12.3. The summed E-state index contributed by atoms with van der Waals surface area (Å²) in [4.78, 5) is 24.4. The van der Waals surface area contributed by atoms with Gasteiger partial charge in [-0.05, 0) is 48.1 Å². The summed E-state index contributed by atoms with van der Waals surface area (Å²) in [6.07, 6.45) is 2.98. The molecule has 5 nitrogen and oxygen atoms in total. The second-order valence-electron chi connectivity index (χ2n) is 7.52. The number of carbonyl (C=O) groups is 1. The SMILES string of the molecule is CC(CCO)CCn1cc(C(=O)O)c(=O)c2cc(Cc3cccc(Cl)c3F)ccc21. The Morgan fingerprint density at radius 3 is 2.70 bits per heavy atom. The number of aliphatic hydroxyl groups is 1. The van der Waals surface area contributed by atoms with Crippen LogP contribution in [0.15, 0.2) is 47.4 Å². The van der Waals surface area contributed by atoms with Crippen LogP contribution in [0.25, 0.3) is 10.9 Å². The van der Waals surface area contributed by atoms with Crippen molar-refractivity contribution in [3.8, 4) is 0 Å². The van der Waals surface area contributed by atoms with Crippen LogP contribution in [0.2, 0.25) is 5.02 Å². The predicted molar refractivity (Wildman–Crippen MR) is 115 cm³/mol. The topological polar surface area (TPSA) is 79.5 Å². The number of hydrogen-bond donors (Lipinski definition) is 2. The van der Waals surface area contributed by atoms with Crippen LogP contribution < -0.4 is 5.43 Å². The van der Waals surface area contributed by atoms with E-state index in [4.69, 9.17) is 16.7 Å². The number of carboxylic acid groups (broad SMARTS) is 1. The Morgan fingerprint density at radius 2 is 2.00 bits per heavy atom. The zero-order chi connectivity index (χ0) is 21.8. The van der Waals surface area contributed by atoms with E-state index in [1.54, 1.807) is 34.9 Å². The first-order chi connectivity index (χ1) is 14.3. The van der Waals surface area contributed by atoms with E-state index in [0.29, 0.717) is 29.6 Å². The van der Waals surface area contributed by atoms with Gasteiger partial charge >= 0.3 is 5.97 Å². The highest BCUT2D eigenvalue weighted by Crippen LogP contribution is 2.23. The molecule has 1 atom stereocenters. The zero-order valence-electron chi connectivity index (χ0n) is 16.6. The van der Waals surface area contributed by atoms with Gasteiger partial charge in [-0.25, -0.2) is 9.18 Å². The third kappa shape index (κ3) is 4.71. The van der Waals surface area contributed by atoms with Crippen molar-refractivity contribution in [2.75, 3.05) is 6.61 Å². The highest BCUT2D eigenvalue weighted by atomic mass is 35.5. The van der Waals surface area contributed by atoms with Gasteiger partial charge in [0.2, 0.25) is 5.43 Å². The number of rotatable bonds is 8. The Morgan fingerprint density at radius 1 is 1.23 bits per heavy atom. The second kappa shape index (κ2) is 9.41. The van der Waals surface area contributed by atoms with Gasteiger partial charge in [-0.3, -0.25) is 4.79 Å². The van der Waals surface area contributed by atoms with Crippen LogP contribution in [0.4, 0.5) is 4.39 Å². The Balaban J connectivity index is 2.04. The van der Waals surface area contributed by atoms with E-state index in [1.807, 2.05) is 6.92 Å². The fourth-order valence-electron chi connectivity index (χ4n) is 3.52. The first-order valence-electron chi connectivity index (χ1n) is 9.75. The fraction of sp³-hybridized carbons (Fsp3) is 0.304. The number of hydrogen-bond acceptors (Lipinski definition) is 3. The van der Waals surface area contributed by atoms with Crippen molar-refractivity contribution < 1.29 is 19.4 Å². The molecule has 0 saturated heterocycles. The highest BCUT2D eigenvalue weighted by Gasteiger charge is 2.16. The van der Waals surface area contributed by atoms with Gasteiger partial charge in [-0.2, -0.15) is 0 Å². The summed E-state index contributed by atoms with van der Waals surface area (Å²) in [6.45, 7) is 2.62. The molecule has 1 aromatic heterocycles. The quantitative estimate of drug-likeness (QED) is 0.550. The van der Waals surface area contributed by atoms with Gasteiger partial charge < -0.3 is 14.8 Å². The summed E-state index contributed by atoms with van der Waals surface area (Å²) < 4.78 is 16.0. The first kappa shape index (κ1) is 22.0. The minimum Gasteiger partial charge on any atom is -0.477 e. The van der Waals surface area contributed by atoms with E-state index in [1.165, 1.54) is 12.3 Å². The molecule has 2 N–H and O–H groups in total. The Bertz CT molecular complexity index is 1140. The summed E-state index contributed by atoms with van der Waals surface area (Å²) in [5.74, 6) is -1.54. The van der Waals surface area contributed by atoms with E-state index in [2.05, 4.69) is 0 Å².